The zero-order valence-electron chi connectivity index (χ0n) is 14.9. The Morgan fingerprint density at radius 2 is 2.22 bits per heavy atom. The van der Waals surface area contributed by atoms with Crippen LogP contribution in [0, 0.1) is 0 Å². The Morgan fingerprint density at radius 1 is 1.48 bits per heavy atom. The molecule has 2 rings (SSSR count). The number of carbonyl (C=O) groups is 1. The molecule has 2 atom stereocenters. The molecule has 0 saturated carbocycles. The van der Waals surface area contributed by atoms with Crippen LogP contribution in [0.15, 0.2) is 18.3 Å². The van der Waals surface area contributed by atoms with Crippen LogP contribution >= 0.6 is 0 Å². The van der Waals surface area contributed by atoms with Crippen molar-refractivity contribution in [3.05, 3.63) is 23.9 Å². The maximum absolute atomic E-state index is 12.4. The van der Waals surface area contributed by atoms with E-state index in [0.717, 1.165) is 37.2 Å². The van der Waals surface area contributed by atoms with Crippen molar-refractivity contribution in [2.75, 3.05) is 11.9 Å². The van der Waals surface area contributed by atoms with E-state index in [-0.39, 0.29) is 12.1 Å². The lowest BCUT2D eigenvalue weighted by Gasteiger charge is -2.28. The minimum atomic E-state index is -0.466. The Bertz CT molecular complexity index is 522. The lowest BCUT2D eigenvalue weighted by atomic mass is 10.1. The molecule has 0 bridgehead atoms. The summed E-state index contributed by atoms with van der Waals surface area (Å²) in [5.41, 5.74) is 0.607. The molecule has 1 aromatic rings. The van der Waals surface area contributed by atoms with Gasteiger partial charge in [0, 0.05) is 18.8 Å². The fourth-order valence-corrected chi connectivity index (χ4v) is 2.69. The Morgan fingerprint density at radius 3 is 2.78 bits per heavy atom. The van der Waals surface area contributed by atoms with Crippen molar-refractivity contribution in [1.82, 2.24) is 9.88 Å². The predicted octanol–water partition coefficient (Wildman–Crippen LogP) is 4.36. The van der Waals surface area contributed by atoms with E-state index in [4.69, 9.17) is 4.74 Å². The van der Waals surface area contributed by atoms with Crippen LogP contribution in [0.1, 0.15) is 65.5 Å². The first-order chi connectivity index (χ1) is 10.8. The normalized spacial score (nSPS) is 19.5. The average molecular weight is 319 g/mol. The van der Waals surface area contributed by atoms with Crippen molar-refractivity contribution in [3.8, 4) is 0 Å². The maximum Gasteiger partial charge on any atom is 0.410 e. The lowest BCUT2D eigenvalue weighted by Crippen LogP contribution is -2.36. The standard InChI is InChI=1S/C18H29N3O2/c1-6-13(2)20-16-10-9-14(12-19-16)15-8-7-11-21(15)17(22)23-18(3,4)5/h9-10,12-13,15H,6-8,11H2,1-5H3,(H,19,20)/t13-,15+/m0/s1. The number of amides is 1. The largest absolute Gasteiger partial charge is 0.444 e. The molecule has 5 nitrogen and oxygen atoms in total. The lowest BCUT2D eigenvalue weighted by molar-refractivity contribution is 0.0224. The second kappa shape index (κ2) is 7.20. The third-order valence-corrected chi connectivity index (χ3v) is 4.06. The summed E-state index contributed by atoms with van der Waals surface area (Å²) < 4.78 is 5.52. The van der Waals surface area contributed by atoms with Crippen molar-refractivity contribution in [2.24, 2.45) is 0 Å². The van der Waals surface area contributed by atoms with E-state index in [1.807, 2.05) is 37.9 Å². The van der Waals surface area contributed by atoms with Gasteiger partial charge < -0.3 is 15.0 Å². The number of rotatable bonds is 4. The average Bonchev–Trinajstić information content (AvgIpc) is 2.95. The SMILES string of the molecule is CC[C@H](C)Nc1ccc([C@H]2CCCN2C(=O)OC(C)(C)C)cn1. The van der Waals surface area contributed by atoms with Crippen LogP contribution in [0.2, 0.25) is 0 Å². The van der Waals surface area contributed by atoms with Crippen LogP contribution in [-0.2, 0) is 4.74 Å². The quantitative estimate of drug-likeness (QED) is 0.895. The summed E-state index contributed by atoms with van der Waals surface area (Å²) in [7, 11) is 0. The van der Waals surface area contributed by atoms with Crippen molar-refractivity contribution >= 4 is 11.9 Å². The monoisotopic (exact) mass is 319 g/mol. The van der Waals surface area contributed by atoms with E-state index in [1.165, 1.54) is 0 Å². The summed E-state index contributed by atoms with van der Waals surface area (Å²) in [4.78, 5) is 18.7. The van der Waals surface area contributed by atoms with Gasteiger partial charge in [0.15, 0.2) is 0 Å². The molecule has 2 heterocycles. The Kier molecular flexibility index (Phi) is 5.50. The molecule has 1 aliphatic rings. The van der Waals surface area contributed by atoms with E-state index in [0.29, 0.717) is 6.04 Å². The number of anilines is 1. The van der Waals surface area contributed by atoms with Gasteiger partial charge in [-0.3, -0.25) is 0 Å². The molecule has 0 radical (unpaired) electrons. The van der Waals surface area contributed by atoms with E-state index < -0.39 is 5.60 Å². The van der Waals surface area contributed by atoms with Crippen LogP contribution in [0.25, 0.3) is 0 Å². The van der Waals surface area contributed by atoms with Crippen molar-refractivity contribution in [3.63, 3.8) is 0 Å². The topological polar surface area (TPSA) is 54.5 Å². The summed E-state index contributed by atoms with van der Waals surface area (Å²) in [6.45, 7) is 10.7. The highest BCUT2D eigenvalue weighted by Crippen LogP contribution is 2.33. The molecule has 128 valence electrons. The van der Waals surface area contributed by atoms with E-state index in [9.17, 15) is 4.79 Å². The minimum absolute atomic E-state index is 0.0648. The van der Waals surface area contributed by atoms with Gasteiger partial charge in [-0.1, -0.05) is 13.0 Å². The molecule has 0 spiro atoms. The van der Waals surface area contributed by atoms with Gasteiger partial charge in [0.1, 0.15) is 11.4 Å². The molecule has 0 aliphatic carbocycles. The molecule has 1 saturated heterocycles. The van der Waals surface area contributed by atoms with E-state index in [1.54, 1.807) is 0 Å². The number of likely N-dealkylation sites (tertiary alicyclic amines) is 1. The highest BCUT2D eigenvalue weighted by molar-refractivity contribution is 5.69. The van der Waals surface area contributed by atoms with Crippen LogP contribution in [-0.4, -0.2) is 34.2 Å². The first-order valence-corrected chi connectivity index (χ1v) is 8.52. The number of nitrogens with zero attached hydrogens (tertiary/aromatic N) is 2. The summed E-state index contributed by atoms with van der Waals surface area (Å²) in [6, 6.07) is 4.52. The van der Waals surface area contributed by atoms with Crippen molar-refractivity contribution in [2.45, 2.75) is 71.6 Å². The number of hydrogen-bond donors (Lipinski definition) is 1. The number of aromatic nitrogens is 1. The van der Waals surface area contributed by atoms with Crippen LogP contribution in [0.3, 0.4) is 0 Å². The number of nitrogens with one attached hydrogen (secondary N) is 1. The second-order valence-corrected chi connectivity index (χ2v) is 7.26. The van der Waals surface area contributed by atoms with Gasteiger partial charge in [0.2, 0.25) is 0 Å². The first kappa shape index (κ1) is 17.6. The number of ether oxygens (including phenoxy) is 1. The van der Waals surface area contributed by atoms with Gasteiger partial charge in [0.25, 0.3) is 0 Å². The third-order valence-electron chi connectivity index (χ3n) is 4.06. The summed E-state index contributed by atoms with van der Waals surface area (Å²) in [6.07, 6.45) is 4.65. The highest BCUT2D eigenvalue weighted by Gasteiger charge is 2.33. The molecule has 1 aliphatic heterocycles. The Labute approximate surface area is 139 Å². The number of pyridine rings is 1. The number of carbonyl (C=O) groups excluding carboxylic acids is 1. The molecule has 1 amide bonds. The van der Waals surface area contributed by atoms with Crippen LogP contribution in [0.5, 0.6) is 0 Å². The van der Waals surface area contributed by atoms with Gasteiger partial charge in [0.05, 0.1) is 6.04 Å². The highest BCUT2D eigenvalue weighted by atomic mass is 16.6. The van der Waals surface area contributed by atoms with Gasteiger partial charge in [-0.2, -0.15) is 0 Å². The molecule has 0 unspecified atom stereocenters. The Balaban J connectivity index is 2.06. The van der Waals surface area contributed by atoms with Gasteiger partial charge >= 0.3 is 6.09 Å². The van der Waals surface area contributed by atoms with Crippen LogP contribution < -0.4 is 5.32 Å². The molecular weight excluding hydrogens is 290 g/mol. The molecular formula is C18H29N3O2. The van der Waals surface area contributed by atoms with Gasteiger partial charge in [-0.25, -0.2) is 9.78 Å². The van der Waals surface area contributed by atoms with Crippen molar-refractivity contribution in [1.29, 1.82) is 0 Å². The van der Waals surface area contributed by atoms with Gasteiger partial charge in [-0.15, -0.1) is 0 Å². The maximum atomic E-state index is 12.4. The minimum Gasteiger partial charge on any atom is -0.444 e. The molecule has 1 aromatic heterocycles. The molecule has 23 heavy (non-hydrogen) atoms. The molecule has 5 heteroatoms. The summed E-state index contributed by atoms with van der Waals surface area (Å²) >= 11 is 0. The zero-order chi connectivity index (χ0) is 17.0. The molecule has 0 aromatic carbocycles. The van der Waals surface area contributed by atoms with E-state index in [2.05, 4.69) is 30.2 Å². The fourth-order valence-electron chi connectivity index (χ4n) is 2.69. The second-order valence-electron chi connectivity index (χ2n) is 7.26. The Hall–Kier alpha value is -1.78. The smallest absolute Gasteiger partial charge is 0.410 e. The van der Waals surface area contributed by atoms with Crippen LogP contribution in [0.4, 0.5) is 10.6 Å². The van der Waals surface area contributed by atoms with Gasteiger partial charge in [-0.05, 0) is 58.6 Å². The summed E-state index contributed by atoms with van der Waals surface area (Å²) in [5, 5.41) is 3.36. The predicted molar refractivity (Wildman–Crippen MR) is 92.5 cm³/mol. The van der Waals surface area contributed by atoms with E-state index >= 15 is 0 Å². The molecule has 1 N–H and O–H groups in total. The first-order valence-electron chi connectivity index (χ1n) is 8.52. The fraction of sp³-hybridized carbons (Fsp3) is 0.667. The zero-order valence-corrected chi connectivity index (χ0v) is 14.9. The molecule has 1 fully saturated rings. The summed E-state index contributed by atoms with van der Waals surface area (Å²) in [5.74, 6) is 0.880. The third kappa shape index (κ3) is 4.85. The van der Waals surface area contributed by atoms with Crippen molar-refractivity contribution < 1.29 is 9.53 Å². The number of hydrogen-bond acceptors (Lipinski definition) is 4.